The quantitative estimate of drug-likeness (QED) is 0.614. The fourth-order valence-corrected chi connectivity index (χ4v) is 5.25. The molecule has 30 heavy (non-hydrogen) atoms. The summed E-state index contributed by atoms with van der Waals surface area (Å²) >= 11 is 1.76. The van der Waals surface area contributed by atoms with E-state index >= 15 is 0 Å². The molecule has 2 aliphatic rings. The van der Waals surface area contributed by atoms with Gasteiger partial charge in [-0.2, -0.15) is 0 Å². The van der Waals surface area contributed by atoms with Crippen LogP contribution in [-0.4, -0.2) is 40.7 Å². The Labute approximate surface area is 179 Å². The molecule has 0 radical (unpaired) electrons. The van der Waals surface area contributed by atoms with E-state index in [1.165, 1.54) is 22.3 Å². The highest BCUT2D eigenvalue weighted by atomic mass is 32.1. The minimum atomic E-state index is -0.198. The van der Waals surface area contributed by atoms with Gasteiger partial charge in [-0.05, 0) is 66.5 Å². The number of nitrogens with zero attached hydrogens (tertiary/aromatic N) is 2. The predicted octanol–water partition coefficient (Wildman–Crippen LogP) is 4.43. The van der Waals surface area contributed by atoms with Crippen molar-refractivity contribution in [2.75, 3.05) is 13.1 Å². The third-order valence-electron chi connectivity index (χ3n) is 6.06. The van der Waals surface area contributed by atoms with Gasteiger partial charge in [-0.25, -0.2) is 0 Å². The van der Waals surface area contributed by atoms with Crippen LogP contribution in [0.2, 0.25) is 0 Å². The molecule has 6 heteroatoms. The maximum atomic E-state index is 13.5. The number of benzene rings is 1. The van der Waals surface area contributed by atoms with E-state index < -0.39 is 0 Å². The summed E-state index contributed by atoms with van der Waals surface area (Å²) in [5.74, 6) is 0.0901. The average Bonchev–Trinajstić information content (AvgIpc) is 3.24. The molecule has 1 fully saturated rings. The highest BCUT2D eigenvalue weighted by molar-refractivity contribution is 7.10. The van der Waals surface area contributed by atoms with E-state index in [1.807, 2.05) is 17.0 Å². The first-order chi connectivity index (χ1) is 14.6. The molecule has 0 saturated heterocycles. The first-order valence-electron chi connectivity index (χ1n) is 10.4. The molecule has 2 amide bonds. The zero-order valence-corrected chi connectivity index (χ0v) is 17.7. The van der Waals surface area contributed by atoms with Gasteiger partial charge in [0.1, 0.15) is 6.54 Å². The highest BCUT2D eigenvalue weighted by Crippen LogP contribution is 2.39. The van der Waals surface area contributed by atoms with E-state index in [0.29, 0.717) is 12.3 Å². The Kier molecular flexibility index (Phi) is 4.95. The van der Waals surface area contributed by atoms with Gasteiger partial charge in [0.05, 0.1) is 12.3 Å². The molecule has 0 spiro atoms. The van der Waals surface area contributed by atoms with Crippen molar-refractivity contribution in [2.45, 2.75) is 38.3 Å². The smallest absolute Gasteiger partial charge is 0.290 e. The van der Waals surface area contributed by atoms with Crippen LogP contribution in [0.3, 0.4) is 0 Å². The van der Waals surface area contributed by atoms with Crippen LogP contribution in [0, 0.1) is 6.92 Å². The summed E-state index contributed by atoms with van der Waals surface area (Å²) in [5, 5.41) is 2.11. The van der Waals surface area contributed by atoms with Gasteiger partial charge in [-0.3, -0.25) is 9.59 Å². The van der Waals surface area contributed by atoms with Gasteiger partial charge in [0, 0.05) is 17.5 Å². The van der Waals surface area contributed by atoms with Gasteiger partial charge in [-0.1, -0.05) is 24.3 Å². The Morgan fingerprint density at radius 3 is 2.70 bits per heavy atom. The lowest BCUT2D eigenvalue weighted by atomic mass is 9.90. The minimum Gasteiger partial charge on any atom is -0.459 e. The number of rotatable bonds is 5. The number of carbonyl (C=O) groups excluding carboxylic acids is 2. The van der Waals surface area contributed by atoms with Crippen molar-refractivity contribution in [1.29, 1.82) is 0 Å². The van der Waals surface area contributed by atoms with Crippen LogP contribution in [-0.2, 0) is 11.2 Å². The zero-order chi connectivity index (χ0) is 20.7. The predicted molar refractivity (Wildman–Crippen MR) is 116 cm³/mol. The second-order valence-corrected chi connectivity index (χ2v) is 9.04. The molecule has 154 valence electrons. The monoisotopic (exact) mass is 420 g/mol. The molecule has 1 aromatic carbocycles. The van der Waals surface area contributed by atoms with Crippen LogP contribution in [0.15, 0.2) is 58.5 Å². The molecule has 0 bridgehead atoms. The molecule has 3 aromatic rings. The molecule has 1 saturated carbocycles. The maximum Gasteiger partial charge on any atom is 0.290 e. The Morgan fingerprint density at radius 2 is 1.97 bits per heavy atom. The summed E-state index contributed by atoms with van der Waals surface area (Å²) in [6.07, 6.45) is 4.24. The molecular formula is C24H24N2O3S. The van der Waals surface area contributed by atoms with Crippen molar-refractivity contribution >= 4 is 23.2 Å². The molecule has 5 nitrogen and oxygen atoms in total. The highest BCUT2D eigenvalue weighted by Gasteiger charge is 2.39. The van der Waals surface area contributed by atoms with Crippen molar-refractivity contribution in [2.24, 2.45) is 0 Å². The number of furan rings is 1. The lowest BCUT2D eigenvalue weighted by Gasteiger charge is -2.38. The van der Waals surface area contributed by atoms with Crippen molar-refractivity contribution < 1.29 is 14.0 Å². The van der Waals surface area contributed by atoms with E-state index in [4.69, 9.17) is 4.42 Å². The third-order valence-corrected chi connectivity index (χ3v) is 7.05. The molecule has 1 aliphatic carbocycles. The molecule has 1 atom stereocenters. The van der Waals surface area contributed by atoms with Gasteiger partial charge in [-0.15, -0.1) is 11.3 Å². The fraction of sp³-hybridized carbons (Fsp3) is 0.333. The summed E-state index contributed by atoms with van der Waals surface area (Å²) in [5.41, 5.74) is 3.54. The molecule has 5 rings (SSSR count). The summed E-state index contributed by atoms with van der Waals surface area (Å²) in [6.45, 7) is 2.85. The summed E-state index contributed by atoms with van der Waals surface area (Å²) in [6, 6.07) is 13.8. The third kappa shape index (κ3) is 3.45. The van der Waals surface area contributed by atoms with E-state index in [2.05, 4.69) is 30.5 Å². The van der Waals surface area contributed by atoms with Crippen LogP contribution in [0.5, 0.6) is 0 Å². The number of hydrogen-bond acceptors (Lipinski definition) is 4. The second-order valence-electron chi connectivity index (χ2n) is 8.04. The molecule has 2 aromatic heterocycles. The number of fused-ring (bicyclic) bond motifs is 1. The number of aryl methyl sites for hydroxylation is 1. The van der Waals surface area contributed by atoms with Gasteiger partial charge in [0.2, 0.25) is 5.91 Å². The standard InChI is InChI=1S/C24H24N2O3S/c1-16-5-2-3-6-18(16)23-19-11-14-30-21(19)10-12-25(23)22(27)15-26(17-8-9-17)24(28)20-7-4-13-29-20/h2-7,11,13-14,17,23H,8-10,12,15H2,1H3/t23-/m1/s1. The van der Waals surface area contributed by atoms with Crippen molar-refractivity contribution in [3.63, 3.8) is 0 Å². The van der Waals surface area contributed by atoms with Gasteiger partial charge >= 0.3 is 0 Å². The van der Waals surface area contributed by atoms with E-state index in [-0.39, 0.29) is 30.4 Å². The van der Waals surface area contributed by atoms with Gasteiger partial charge in [0.15, 0.2) is 5.76 Å². The Hall–Kier alpha value is -2.86. The van der Waals surface area contributed by atoms with E-state index in [9.17, 15) is 9.59 Å². The lowest BCUT2D eigenvalue weighted by molar-refractivity contribution is -0.134. The van der Waals surface area contributed by atoms with Crippen LogP contribution in [0.25, 0.3) is 0 Å². The SMILES string of the molecule is Cc1ccccc1[C@@H]1c2ccsc2CCN1C(=O)CN(C(=O)c1ccco1)C1CC1. The van der Waals surface area contributed by atoms with Crippen molar-refractivity contribution in [1.82, 2.24) is 9.80 Å². The molecule has 1 aliphatic heterocycles. The second kappa shape index (κ2) is 7.76. The normalized spacial score (nSPS) is 18.2. The van der Waals surface area contributed by atoms with Crippen LogP contribution in [0.1, 0.15) is 51.0 Å². The van der Waals surface area contributed by atoms with E-state index in [0.717, 1.165) is 24.8 Å². The lowest BCUT2D eigenvalue weighted by Crippen LogP contribution is -2.47. The molecule has 0 unspecified atom stereocenters. The number of hydrogen-bond donors (Lipinski definition) is 0. The average molecular weight is 421 g/mol. The summed E-state index contributed by atoms with van der Waals surface area (Å²) in [7, 11) is 0. The largest absolute Gasteiger partial charge is 0.459 e. The molecular weight excluding hydrogens is 396 g/mol. The summed E-state index contributed by atoms with van der Waals surface area (Å²) < 4.78 is 5.31. The van der Waals surface area contributed by atoms with Crippen LogP contribution >= 0.6 is 11.3 Å². The Balaban J connectivity index is 1.45. The number of amides is 2. The van der Waals surface area contributed by atoms with Crippen molar-refractivity contribution in [3.8, 4) is 0 Å². The molecule has 0 N–H and O–H groups in total. The Bertz CT molecular complexity index is 1070. The topological polar surface area (TPSA) is 53.8 Å². The summed E-state index contributed by atoms with van der Waals surface area (Å²) in [4.78, 5) is 31.5. The van der Waals surface area contributed by atoms with Crippen LogP contribution in [0.4, 0.5) is 0 Å². The van der Waals surface area contributed by atoms with Crippen LogP contribution < -0.4 is 0 Å². The molecule has 3 heterocycles. The number of thiophene rings is 1. The van der Waals surface area contributed by atoms with Gasteiger partial charge < -0.3 is 14.2 Å². The zero-order valence-electron chi connectivity index (χ0n) is 16.9. The number of carbonyl (C=O) groups is 2. The fourth-order valence-electron chi connectivity index (χ4n) is 4.35. The van der Waals surface area contributed by atoms with Gasteiger partial charge in [0.25, 0.3) is 5.91 Å². The van der Waals surface area contributed by atoms with Crippen molar-refractivity contribution in [3.05, 3.63) is 81.4 Å². The van der Waals surface area contributed by atoms with E-state index in [1.54, 1.807) is 28.4 Å². The maximum absolute atomic E-state index is 13.5. The first kappa shape index (κ1) is 19.1. The first-order valence-corrected chi connectivity index (χ1v) is 11.3. The Morgan fingerprint density at radius 1 is 1.13 bits per heavy atom. The minimum absolute atomic E-state index is 0.00749.